The van der Waals surface area contributed by atoms with Crippen molar-refractivity contribution in [2.45, 2.75) is 31.7 Å². The third kappa shape index (κ3) is 5.53. The second-order valence-electron chi connectivity index (χ2n) is 6.38. The summed E-state index contributed by atoms with van der Waals surface area (Å²) in [6.45, 7) is 3.41. The Labute approximate surface area is 146 Å². The Balaban J connectivity index is 0.00000220. The molecule has 0 aromatic rings. The number of nitrogens with two attached hydrogens (primary N) is 1. The summed E-state index contributed by atoms with van der Waals surface area (Å²) in [6.07, 6.45) is 4.55. The first-order valence-electron chi connectivity index (χ1n) is 7.84. The predicted octanol–water partition coefficient (Wildman–Crippen LogP) is 1.29. The molecule has 0 saturated heterocycles. The molecule has 0 aliphatic heterocycles. The van der Waals surface area contributed by atoms with E-state index in [1.807, 2.05) is 0 Å². The van der Waals surface area contributed by atoms with Crippen LogP contribution < -0.4 is 11.1 Å². The monoisotopic (exact) mass is 355 g/mol. The van der Waals surface area contributed by atoms with E-state index in [-0.39, 0.29) is 42.7 Å². The molecule has 4 unspecified atom stereocenters. The molecular weight excluding hydrogens is 325 g/mol. The van der Waals surface area contributed by atoms with Gasteiger partial charge in [-0.05, 0) is 51.1 Å². The summed E-state index contributed by atoms with van der Waals surface area (Å²) in [7, 11) is 3.79. The van der Waals surface area contributed by atoms with Crippen molar-refractivity contribution in [3.8, 4) is 0 Å². The smallest absolute Gasteiger partial charge is 0.224 e. The minimum atomic E-state index is 0. The Bertz CT molecular complexity index is 332. The van der Waals surface area contributed by atoms with E-state index in [1.54, 1.807) is 7.11 Å². The number of rotatable bonds is 8. The largest absolute Gasteiger partial charge is 0.383 e. The van der Waals surface area contributed by atoms with Gasteiger partial charge in [-0.1, -0.05) is 0 Å². The van der Waals surface area contributed by atoms with Gasteiger partial charge in [0.05, 0.1) is 12.5 Å². The van der Waals surface area contributed by atoms with Crippen LogP contribution in [0.5, 0.6) is 0 Å². The van der Waals surface area contributed by atoms with E-state index in [1.165, 1.54) is 19.3 Å². The van der Waals surface area contributed by atoms with Gasteiger partial charge in [-0.15, -0.1) is 24.8 Å². The highest BCUT2D eigenvalue weighted by atomic mass is 35.5. The molecule has 22 heavy (non-hydrogen) atoms. The number of likely N-dealkylation sites (N-methyl/N-ethyl adjacent to an activating group) is 1. The van der Waals surface area contributed by atoms with E-state index in [4.69, 9.17) is 10.5 Å². The van der Waals surface area contributed by atoms with Crippen LogP contribution in [0.3, 0.4) is 0 Å². The molecule has 4 atom stereocenters. The van der Waals surface area contributed by atoms with Crippen molar-refractivity contribution in [1.82, 2.24) is 10.2 Å². The zero-order chi connectivity index (χ0) is 14.5. The zero-order valence-electron chi connectivity index (χ0n) is 13.6. The lowest BCUT2D eigenvalue weighted by atomic mass is 9.84. The van der Waals surface area contributed by atoms with Gasteiger partial charge in [0.2, 0.25) is 5.91 Å². The first kappa shape index (κ1) is 21.9. The number of hydrogen-bond acceptors (Lipinski definition) is 4. The molecule has 2 fully saturated rings. The number of nitrogens with one attached hydrogen (secondary N) is 1. The van der Waals surface area contributed by atoms with Crippen molar-refractivity contribution in [3.63, 3.8) is 0 Å². The summed E-state index contributed by atoms with van der Waals surface area (Å²) in [5.74, 6) is 1.39. The number of fused-ring (bicyclic) bond motifs is 2. The van der Waals surface area contributed by atoms with Crippen LogP contribution in [0.4, 0.5) is 0 Å². The Hall–Kier alpha value is -0.0700. The van der Waals surface area contributed by atoms with Crippen LogP contribution in [0.2, 0.25) is 0 Å². The van der Waals surface area contributed by atoms with Crippen molar-refractivity contribution < 1.29 is 9.53 Å². The van der Waals surface area contributed by atoms with Gasteiger partial charge in [0.25, 0.3) is 0 Å². The molecule has 0 spiro atoms. The highest BCUT2D eigenvalue weighted by Gasteiger charge is 2.48. The van der Waals surface area contributed by atoms with Gasteiger partial charge < -0.3 is 20.7 Å². The first-order valence-corrected chi connectivity index (χ1v) is 7.84. The fraction of sp³-hybridized carbons (Fsp3) is 0.933. The van der Waals surface area contributed by atoms with E-state index in [0.717, 1.165) is 32.7 Å². The number of halogens is 2. The van der Waals surface area contributed by atoms with Crippen LogP contribution in [0.25, 0.3) is 0 Å². The van der Waals surface area contributed by atoms with Gasteiger partial charge in [0.1, 0.15) is 0 Å². The molecule has 2 bridgehead atoms. The fourth-order valence-electron chi connectivity index (χ4n) is 3.76. The Morgan fingerprint density at radius 1 is 1.27 bits per heavy atom. The molecule has 0 aromatic heterocycles. The maximum atomic E-state index is 12.2. The highest BCUT2D eigenvalue weighted by Crippen LogP contribution is 2.47. The summed E-state index contributed by atoms with van der Waals surface area (Å²) >= 11 is 0. The normalized spacial score (nSPS) is 29.1. The summed E-state index contributed by atoms with van der Waals surface area (Å²) < 4.78 is 5.04. The van der Waals surface area contributed by atoms with Gasteiger partial charge in [-0.3, -0.25) is 4.79 Å². The van der Waals surface area contributed by atoms with E-state index < -0.39 is 0 Å². The van der Waals surface area contributed by atoms with Gasteiger partial charge in [-0.2, -0.15) is 0 Å². The average Bonchev–Trinajstić information content (AvgIpc) is 3.01. The maximum Gasteiger partial charge on any atom is 0.224 e. The number of nitrogens with zero attached hydrogens (tertiary/aromatic N) is 1. The molecule has 0 radical (unpaired) electrons. The zero-order valence-corrected chi connectivity index (χ0v) is 15.3. The summed E-state index contributed by atoms with van der Waals surface area (Å²) in [5.41, 5.74) is 6.19. The Morgan fingerprint density at radius 3 is 2.55 bits per heavy atom. The predicted molar refractivity (Wildman–Crippen MR) is 93.8 cm³/mol. The lowest BCUT2D eigenvalue weighted by Gasteiger charge is -2.27. The quantitative estimate of drug-likeness (QED) is 0.643. The number of hydrogen-bond donors (Lipinski definition) is 2. The molecule has 2 rings (SSSR count). The van der Waals surface area contributed by atoms with E-state index in [0.29, 0.717) is 11.8 Å². The number of ether oxygens (including phenoxy) is 1. The molecular formula is C15H31Cl2N3O2. The van der Waals surface area contributed by atoms with Crippen LogP contribution >= 0.6 is 24.8 Å². The number of carbonyl (C=O) groups is 1. The molecule has 132 valence electrons. The van der Waals surface area contributed by atoms with Crippen molar-refractivity contribution in [2.75, 3.05) is 40.4 Å². The molecule has 1 amide bonds. The van der Waals surface area contributed by atoms with Crippen molar-refractivity contribution in [3.05, 3.63) is 0 Å². The number of amides is 1. The van der Waals surface area contributed by atoms with Crippen LogP contribution in [-0.4, -0.2) is 57.2 Å². The minimum Gasteiger partial charge on any atom is -0.383 e. The SMILES string of the molecule is COCCN(C)CCCNC(=O)C1C2CCC(C2)C1N.Cl.Cl. The van der Waals surface area contributed by atoms with Gasteiger partial charge in [0, 0.05) is 26.2 Å². The summed E-state index contributed by atoms with van der Waals surface area (Å²) in [5, 5.41) is 3.07. The third-order valence-corrected chi connectivity index (χ3v) is 4.98. The van der Waals surface area contributed by atoms with Crippen molar-refractivity contribution >= 4 is 30.7 Å². The molecule has 0 heterocycles. The van der Waals surface area contributed by atoms with Crippen LogP contribution in [0.1, 0.15) is 25.7 Å². The highest BCUT2D eigenvalue weighted by molar-refractivity contribution is 5.85. The van der Waals surface area contributed by atoms with Gasteiger partial charge >= 0.3 is 0 Å². The maximum absolute atomic E-state index is 12.2. The summed E-state index contributed by atoms with van der Waals surface area (Å²) in [4.78, 5) is 14.5. The number of carbonyl (C=O) groups excluding carboxylic acids is 1. The molecule has 7 heteroatoms. The molecule has 5 nitrogen and oxygen atoms in total. The van der Waals surface area contributed by atoms with E-state index >= 15 is 0 Å². The second-order valence-corrected chi connectivity index (χ2v) is 6.38. The van der Waals surface area contributed by atoms with Crippen LogP contribution in [-0.2, 0) is 9.53 Å². The van der Waals surface area contributed by atoms with E-state index in [9.17, 15) is 4.79 Å². The lowest BCUT2D eigenvalue weighted by Crippen LogP contribution is -2.45. The molecule has 2 aliphatic rings. The first-order chi connectivity index (χ1) is 9.63. The Morgan fingerprint density at radius 2 is 1.95 bits per heavy atom. The topological polar surface area (TPSA) is 67.6 Å². The van der Waals surface area contributed by atoms with Gasteiger partial charge in [-0.25, -0.2) is 0 Å². The average molecular weight is 356 g/mol. The lowest BCUT2D eigenvalue weighted by molar-refractivity contribution is -0.127. The minimum absolute atomic E-state index is 0. The van der Waals surface area contributed by atoms with Crippen molar-refractivity contribution in [2.24, 2.45) is 23.5 Å². The molecule has 3 N–H and O–H groups in total. The standard InChI is InChI=1S/C15H29N3O2.2ClH/c1-18(8-9-20-2)7-3-6-17-15(19)13-11-4-5-12(10-11)14(13)16;;/h11-14H,3-10,16H2,1-2H3,(H,17,19);2*1H. The number of methoxy groups -OCH3 is 1. The molecule has 2 aliphatic carbocycles. The third-order valence-electron chi connectivity index (χ3n) is 4.98. The second kappa shape index (κ2) is 10.7. The van der Waals surface area contributed by atoms with Crippen LogP contribution in [0.15, 0.2) is 0 Å². The Kier molecular flexibility index (Phi) is 10.6. The summed E-state index contributed by atoms with van der Waals surface area (Å²) in [6, 6.07) is 0.0955. The molecule has 2 saturated carbocycles. The van der Waals surface area contributed by atoms with Crippen molar-refractivity contribution in [1.29, 1.82) is 0 Å². The van der Waals surface area contributed by atoms with Gasteiger partial charge in [0.15, 0.2) is 0 Å². The fourth-order valence-corrected chi connectivity index (χ4v) is 3.76. The van der Waals surface area contributed by atoms with E-state index in [2.05, 4.69) is 17.3 Å². The molecule has 0 aromatic carbocycles. The van der Waals surface area contributed by atoms with Crippen LogP contribution in [0, 0.1) is 17.8 Å².